The summed E-state index contributed by atoms with van der Waals surface area (Å²) in [5, 5.41) is 7.36. The fourth-order valence-electron chi connectivity index (χ4n) is 6.62. The van der Waals surface area contributed by atoms with Gasteiger partial charge in [0.2, 0.25) is 0 Å². The van der Waals surface area contributed by atoms with E-state index in [9.17, 15) is 9.59 Å². The molecule has 0 fully saturated rings. The van der Waals surface area contributed by atoms with Crippen LogP contribution in [0.5, 0.6) is 0 Å². The normalized spacial score (nSPS) is 13.2. The number of benzene rings is 6. The molecular formula is C39H29IO4. The van der Waals surface area contributed by atoms with Crippen molar-refractivity contribution >= 4 is 66.8 Å². The van der Waals surface area contributed by atoms with Crippen molar-refractivity contribution < 1.29 is 19.1 Å². The van der Waals surface area contributed by atoms with Gasteiger partial charge in [-0.05, 0) is 114 Å². The van der Waals surface area contributed by atoms with Crippen LogP contribution in [-0.4, -0.2) is 25.2 Å². The Morgan fingerprint density at radius 1 is 0.659 bits per heavy atom. The van der Waals surface area contributed by atoms with E-state index >= 15 is 0 Å². The van der Waals surface area contributed by atoms with Gasteiger partial charge in [0.15, 0.2) is 0 Å². The molecule has 7 rings (SSSR count). The highest BCUT2D eigenvalue weighted by Gasteiger charge is 2.46. The van der Waals surface area contributed by atoms with Gasteiger partial charge in [-0.1, -0.05) is 92.0 Å². The van der Waals surface area contributed by atoms with Crippen LogP contribution in [0.15, 0.2) is 115 Å². The summed E-state index contributed by atoms with van der Waals surface area (Å²) in [5.74, 6) is -0.974. The number of esters is 2. The Hall–Kier alpha value is -4.49. The topological polar surface area (TPSA) is 52.6 Å². The van der Waals surface area contributed by atoms with E-state index < -0.39 is 17.4 Å². The van der Waals surface area contributed by atoms with E-state index in [4.69, 9.17) is 9.47 Å². The summed E-state index contributed by atoms with van der Waals surface area (Å²) in [4.78, 5) is 25.4. The highest BCUT2D eigenvalue weighted by Crippen LogP contribution is 2.51. The maximum absolute atomic E-state index is 12.7. The Morgan fingerprint density at radius 3 is 1.89 bits per heavy atom. The summed E-state index contributed by atoms with van der Waals surface area (Å²) in [7, 11) is 0. The van der Waals surface area contributed by atoms with Crippen molar-refractivity contribution in [2.75, 3.05) is 13.2 Å². The number of ether oxygens (including phenoxy) is 2. The van der Waals surface area contributed by atoms with Crippen molar-refractivity contribution in [1.29, 1.82) is 0 Å². The molecule has 1 aliphatic rings. The summed E-state index contributed by atoms with van der Waals surface area (Å²) in [6.45, 7) is 10.8. The van der Waals surface area contributed by atoms with Crippen molar-refractivity contribution in [2.45, 2.75) is 19.3 Å². The molecule has 6 aromatic carbocycles. The summed E-state index contributed by atoms with van der Waals surface area (Å²) in [6, 6.07) is 32.1. The van der Waals surface area contributed by atoms with Crippen molar-refractivity contribution in [3.8, 4) is 22.3 Å². The SMILES string of the molecule is C=C(C)C(=O)OCC1(COC(=O)C(=C)C)c2ccccc2-c2ccc(-c3ccc4ccc5c(I)ccc6ccc3c4c65)cc21. The van der Waals surface area contributed by atoms with Crippen LogP contribution in [0.2, 0.25) is 0 Å². The highest BCUT2D eigenvalue weighted by atomic mass is 127. The first-order valence-corrected chi connectivity index (χ1v) is 15.5. The third-order valence-electron chi connectivity index (χ3n) is 8.79. The second-order valence-electron chi connectivity index (χ2n) is 11.7. The monoisotopic (exact) mass is 688 g/mol. The lowest BCUT2D eigenvalue weighted by atomic mass is 9.78. The lowest BCUT2D eigenvalue weighted by molar-refractivity contribution is -0.144. The third-order valence-corrected chi connectivity index (χ3v) is 9.73. The molecule has 0 radical (unpaired) electrons. The highest BCUT2D eigenvalue weighted by molar-refractivity contribution is 14.1. The van der Waals surface area contributed by atoms with Crippen molar-refractivity contribution in [3.05, 3.63) is 130 Å². The number of hydrogen-bond donors (Lipinski definition) is 0. The van der Waals surface area contributed by atoms with Gasteiger partial charge in [-0.25, -0.2) is 9.59 Å². The lowest BCUT2D eigenvalue weighted by Crippen LogP contribution is -2.38. The first-order chi connectivity index (χ1) is 21.2. The molecule has 5 heteroatoms. The summed E-state index contributed by atoms with van der Waals surface area (Å²) >= 11 is 2.41. The minimum Gasteiger partial charge on any atom is -0.461 e. The standard InChI is InChI=1S/C39H29IO4/c1-22(2)37(41)43-20-39(21-44-38(42)23(3)4)32-8-6-5-7-28(32)29-15-12-26(19-33(29)39)27-14-9-24-11-17-31-34(40)18-13-25-10-16-30(27)35(24)36(25)31/h5-19H,1,3,20-21H2,2,4H3. The maximum atomic E-state index is 12.7. The quantitative estimate of drug-likeness (QED) is 0.0726. The Balaban J connectivity index is 1.45. The zero-order chi connectivity index (χ0) is 30.7. The number of hydrogen-bond acceptors (Lipinski definition) is 4. The Kier molecular flexibility index (Phi) is 6.81. The number of rotatable bonds is 7. The second kappa shape index (κ2) is 10.6. The molecule has 0 atom stereocenters. The predicted octanol–water partition coefficient (Wildman–Crippen LogP) is 9.36. The van der Waals surface area contributed by atoms with Crippen LogP contribution in [0.1, 0.15) is 25.0 Å². The fourth-order valence-corrected chi connectivity index (χ4v) is 7.25. The van der Waals surface area contributed by atoms with Crippen LogP contribution in [0.3, 0.4) is 0 Å². The number of carbonyl (C=O) groups is 2. The minimum atomic E-state index is -0.919. The Bertz CT molecular complexity index is 2160. The van der Waals surface area contributed by atoms with Crippen molar-refractivity contribution in [2.24, 2.45) is 0 Å². The average molecular weight is 689 g/mol. The second-order valence-corrected chi connectivity index (χ2v) is 12.8. The van der Waals surface area contributed by atoms with E-state index in [1.165, 1.54) is 35.9 Å². The third kappa shape index (κ3) is 4.33. The van der Waals surface area contributed by atoms with Crippen LogP contribution in [0.4, 0.5) is 0 Å². The van der Waals surface area contributed by atoms with Gasteiger partial charge >= 0.3 is 11.9 Å². The number of carbonyl (C=O) groups excluding carboxylic acids is 2. The minimum absolute atomic E-state index is 0.00740. The van der Waals surface area contributed by atoms with Gasteiger partial charge < -0.3 is 9.47 Å². The van der Waals surface area contributed by atoms with Gasteiger partial charge in [0, 0.05) is 14.7 Å². The molecule has 6 aromatic rings. The largest absolute Gasteiger partial charge is 0.461 e. The van der Waals surface area contributed by atoms with Gasteiger partial charge in [-0.2, -0.15) is 0 Å². The van der Waals surface area contributed by atoms with Gasteiger partial charge in [0.1, 0.15) is 13.2 Å². The molecule has 0 heterocycles. The van der Waals surface area contributed by atoms with Crippen molar-refractivity contribution in [1.82, 2.24) is 0 Å². The van der Waals surface area contributed by atoms with Gasteiger partial charge in [-0.3, -0.25) is 0 Å². The molecule has 4 nitrogen and oxygen atoms in total. The first kappa shape index (κ1) is 28.3. The van der Waals surface area contributed by atoms with Gasteiger partial charge in [0.25, 0.3) is 0 Å². The van der Waals surface area contributed by atoms with E-state index in [2.05, 4.69) is 109 Å². The zero-order valence-electron chi connectivity index (χ0n) is 24.5. The van der Waals surface area contributed by atoms with Crippen LogP contribution < -0.4 is 0 Å². The lowest BCUT2D eigenvalue weighted by Gasteiger charge is -2.31. The van der Waals surface area contributed by atoms with Gasteiger partial charge in [-0.15, -0.1) is 0 Å². The Labute approximate surface area is 269 Å². The van der Waals surface area contributed by atoms with Crippen molar-refractivity contribution in [3.63, 3.8) is 0 Å². The molecule has 0 aliphatic heterocycles. The zero-order valence-corrected chi connectivity index (χ0v) is 26.7. The summed E-state index contributed by atoms with van der Waals surface area (Å²) in [6.07, 6.45) is 0. The molecule has 0 amide bonds. The number of fused-ring (bicyclic) bond motifs is 3. The smallest absolute Gasteiger partial charge is 0.333 e. The molecular weight excluding hydrogens is 659 g/mol. The van der Waals surface area contributed by atoms with Crippen LogP contribution >= 0.6 is 22.6 Å². The number of halogens is 1. The maximum Gasteiger partial charge on any atom is 0.333 e. The first-order valence-electron chi connectivity index (χ1n) is 14.5. The Morgan fingerprint density at radius 2 is 1.20 bits per heavy atom. The fraction of sp³-hybridized carbons (Fsp3) is 0.128. The van der Waals surface area contributed by atoms with E-state index in [0.717, 1.165) is 33.4 Å². The molecule has 0 bridgehead atoms. The molecule has 44 heavy (non-hydrogen) atoms. The molecule has 0 spiro atoms. The summed E-state index contributed by atoms with van der Waals surface area (Å²) in [5.41, 5.74) is 5.78. The van der Waals surface area contributed by atoms with E-state index in [-0.39, 0.29) is 13.2 Å². The predicted molar refractivity (Wildman–Crippen MR) is 186 cm³/mol. The molecule has 0 saturated carbocycles. The van der Waals surface area contributed by atoms with Crippen LogP contribution in [0.25, 0.3) is 54.6 Å². The summed E-state index contributed by atoms with van der Waals surface area (Å²) < 4.78 is 12.9. The molecule has 0 saturated heterocycles. The molecule has 0 unspecified atom stereocenters. The molecule has 216 valence electrons. The molecule has 0 aromatic heterocycles. The van der Waals surface area contributed by atoms with Gasteiger partial charge in [0.05, 0.1) is 5.41 Å². The van der Waals surface area contributed by atoms with E-state index in [0.29, 0.717) is 11.1 Å². The average Bonchev–Trinajstić information content (AvgIpc) is 3.31. The van der Waals surface area contributed by atoms with E-state index in [1.807, 2.05) is 18.2 Å². The van der Waals surface area contributed by atoms with E-state index in [1.54, 1.807) is 13.8 Å². The molecule has 0 N–H and O–H groups in total. The molecule has 1 aliphatic carbocycles. The van der Waals surface area contributed by atoms with Crippen LogP contribution in [0, 0.1) is 3.57 Å². The van der Waals surface area contributed by atoms with Crippen LogP contribution in [-0.2, 0) is 24.5 Å².